The average Bonchev–Trinajstić information content (AvgIpc) is 2.71. The van der Waals surface area contributed by atoms with Gasteiger partial charge in [-0.1, -0.05) is 60.7 Å². The third-order valence-electron chi connectivity index (χ3n) is 4.17. The van der Waals surface area contributed by atoms with Gasteiger partial charge in [0.25, 0.3) is 0 Å². The van der Waals surface area contributed by atoms with Crippen molar-refractivity contribution in [1.29, 1.82) is 0 Å². The van der Waals surface area contributed by atoms with Crippen LogP contribution in [0.5, 0.6) is 0 Å². The Hall–Kier alpha value is -3.55. The largest absolute Gasteiger partial charge is 0.480 e. The molecule has 0 radical (unpaired) electrons. The second-order valence-corrected chi connectivity index (χ2v) is 7.94. The van der Waals surface area contributed by atoms with E-state index in [0.29, 0.717) is 5.56 Å². The molecule has 2 aromatic carbocycles. The van der Waals surface area contributed by atoms with Gasteiger partial charge in [0.15, 0.2) is 0 Å². The predicted molar refractivity (Wildman–Crippen MR) is 114 cm³/mol. The highest BCUT2D eigenvalue weighted by atomic mass is 16.6. The Morgan fingerprint density at radius 1 is 0.903 bits per heavy atom. The molecule has 0 aliphatic heterocycles. The van der Waals surface area contributed by atoms with E-state index < -0.39 is 35.8 Å². The van der Waals surface area contributed by atoms with Crippen molar-refractivity contribution >= 4 is 18.2 Å². The minimum absolute atomic E-state index is 0.0112. The number of amides is 2. The maximum absolute atomic E-state index is 12.3. The highest BCUT2D eigenvalue weighted by Gasteiger charge is 2.28. The van der Waals surface area contributed by atoms with Crippen LogP contribution in [0.15, 0.2) is 60.7 Å². The molecule has 0 aliphatic rings. The van der Waals surface area contributed by atoms with Crippen molar-refractivity contribution in [2.45, 2.75) is 51.5 Å². The van der Waals surface area contributed by atoms with Crippen LogP contribution in [0.2, 0.25) is 0 Å². The van der Waals surface area contributed by atoms with Gasteiger partial charge < -0.3 is 25.2 Å². The summed E-state index contributed by atoms with van der Waals surface area (Å²) in [4.78, 5) is 36.2. The summed E-state index contributed by atoms with van der Waals surface area (Å²) < 4.78 is 10.4. The zero-order valence-corrected chi connectivity index (χ0v) is 17.8. The van der Waals surface area contributed by atoms with Gasteiger partial charge in [-0.15, -0.1) is 0 Å². The van der Waals surface area contributed by atoms with Crippen molar-refractivity contribution in [3.8, 4) is 0 Å². The van der Waals surface area contributed by atoms with Gasteiger partial charge in [-0.2, -0.15) is 0 Å². The van der Waals surface area contributed by atoms with Gasteiger partial charge in [0.2, 0.25) is 0 Å². The molecule has 0 bridgehead atoms. The van der Waals surface area contributed by atoms with Gasteiger partial charge in [-0.3, -0.25) is 0 Å². The third kappa shape index (κ3) is 8.77. The van der Waals surface area contributed by atoms with Gasteiger partial charge in [0.1, 0.15) is 18.2 Å². The summed E-state index contributed by atoms with van der Waals surface area (Å²) >= 11 is 0. The van der Waals surface area contributed by atoms with Crippen LogP contribution in [0.25, 0.3) is 0 Å². The SMILES string of the molecule is CC(C)(C)OC(=O)NC(CC(NC(=O)OCc1ccccc1)C(=O)O)c1ccccc1. The van der Waals surface area contributed by atoms with Crippen molar-refractivity contribution in [2.75, 3.05) is 0 Å². The fourth-order valence-electron chi connectivity index (χ4n) is 2.78. The first-order valence-corrected chi connectivity index (χ1v) is 9.88. The highest BCUT2D eigenvalue weighted by Crippen LogP contribution is 2.20. The fourth-order valence-corrected chi connectivity index (χ4v) is 2.78. The molecule has 166 valence electrons. The van der Waals surface area contributed by atoms with Crippen LogP contribution in [0, 0.1) is 0 Å². The molecule has 31 heavy (non-hydrogen) atoms. The standard InChI is InChI=1S/C23H28N2O6/c1-23(2,3)31-22(29)24-18(17-12-8-5-9-13-17)14-19(20(26)27)25-21(28)30-15-16-10-6-4-7-11-16/h4-13,18-19H,14-15H2,1-3H3,(H,24,29)(H,25,28)(H,26,27). The summed E-state index contributed by atoms with van der Waals surface area (Å²) in [6.07, 6.45) is -1.64. The van der Waals surface area contributed by atoms with E-state index in [1.807, 2.05) is 24.3 Å². The minimum Gasteiger partial charge on any atom is -0.480 e. The van der Waals surface area contributed by atoms with Crippen LogP contribution in [-0.4, -0.2) is 34.9 Å². The molecule has 0 spiro atoms. The molecular formula is C23H28N2O6. The van der Waals surface area contributed by atoms with E-state index in [-0.39, 0.29) is 13.0 Å². The van der Waals surface area contributed by atoms with E-state index >= 15 is 0 Å². The van der Waals surface area contributed by atoms with E-state index in [9.17, 15) is 19.5 Å². The lowest BCUT2D eigenvalue weighted by Gasteiger charge is -2.26. The van der Waals surface area contributed by atoms with E-state index in [1.54, 1.807) is 57.2 Å². The number of benzene rings is 2. The Labute approximate surface area is 181 Å². The van der Waals surface area contributed by atoms with Crippen LogP contribution in [0.4, 0.5) is 9.59 Å². The second-order valence-electron chi connectivity index (χ2n) is 7.94. The molecule has 3 N–H and O–H groups in total. The first kappa shape index (κ1) is 23.7. The van der Waals surface area contributed by atoms with Gasteiger partial charge in [0, 0.05) is 6.42 Å². The van der Waals surface area contributed by atoms with Crippen LogP contribution in [-0.2, 0) is 20.9 Å². The Morgan fingerprint density at radius 2 is 1.48 bits per heavy atom. The van der Waals surface area contributed by atoms with E-state index in [0.717, 1.165) is 5.56 Å². The highest BCUT2D eigenvalue weighted by molar-refractivity contribution is 5.80. The van der Waals surface area contributed by atoms with Crippen molar-refractivity contribution < 1.29 is 29.0 Å². The minimum atomic E-state index is -1.29. The molecule has 0 fully saturated rings. The smallest absolute Gasteiger partial charge is 0.408 e. The lowest BCUT2D eigenvalue weighted by atomic mass is 9.99. The molecule has 2 atom stereocenters. The quantitative estimate of drug-likeness (QED) is 0.585. The first-order chi connectivity index (χ1) is 14.6. The second kappa shape index (κ2) is 11.0. The predicted octanol–water partition coefficient (Wildman–Crippen LogP) is 4.02. The number of carboxylic acid groups (broad SMARTS) is 1. The van der Waals surface area contributed by atoms with Gasteiger partial charge in [0.05, 0.1) is 6.04 Å². The van der Waals surface area contributed by atoms with Crippen LogP contribution in [0.3, 0.4) is 0 Å². The van der Waals surface area contributed by atoms with Crippen molar-refractivity contribution in [1.82, 2.24) is 10.6 Å². The summed E-state index contributed by atoms with van der Waals surface area (Å²) in [6.45, 7) is 5.20. The average molecular weight is 428 g/mol. The molecule has 0 heterocycles. The van der Waals surface area contributed by atoms with Crippen LogP contribution in [0.1, 0.15) is 44.4 Å². The number of ether oxygens (including phenoxy) is 2. The van der Waals surface area contributed by atoms with Crippen LogP contribution >= 0.6 is 0 Å². The number of hydrogen-bond acceptors (Lipinski definition) is 5. The number of carbonyl (C=O) groups excluding carboxylic acids is 2. The van der Waals surface area contributed by atoms with Gasteiger partial charge in [-0.25, -0.2) is 14.4 Å². The molecule has 8 heteroatoms. The molecule has 2 rings (SSSR count). The lowest BCUT2D eigenvalue weighted by molar-refractivity contribution is -0.139. The summed E-state index contributed by atoms with van der Waals surface area (Å²) in [5.41, 5.74) is 0.745. The number of carboxylic acids is 1. The molecular weight excluding hydrogens is 400 g/mol. The summed E-state index contributed by atoms with van der Waals surface area (Å²) in [5, 5.41) is 14.7. The third-order valence-corrected chi connectivity index (χ3v) is 4.17. The monoisotopic (exact) mass is 428 g/mol. The number of aliphatic carboxylic acids is 1. The maximum Gasteiger partial charge on any atom is 0.408 e. The molecule has 8 nitrogen and oxygen atoms in total. The molecule has 2 unspecified atom stereocenters. The van der Waals surface area contributed by atoms with E-state index in [2.05, 4.69) is 10.6 Å². The molecule has 2 amide bonds. The Bertz CT molecular complexity index is 865. The molecule has 0 saturated heterocycles. The maximum atomic E-state index is 12.3. The Morgan fingerprint density at radius 3 is 2.03 bits per heavy atom. The first-order valence-electron chi connectivity index (χ1n) is 9.88. The van der Waals surface area contributed by atoms with Gasteiger partial charge in [-0.05, 0) is 31.9 Å². The van der Waals surface area contributed by atoms with Crippen molar-refractivity contribution in [3.63, 3.8) is 0 Å². The number of carbonyl (C=O) groups is 3. The Balaban J connectivity index is 2.06. The topological polar surface area (TPSA) is 114 Å². The van der Waals surface area contributed by atoms with Crippen LogP contribution < -0.4 is 10.6 Å². The number of nitrogens with one attached hydrogen (secondary N) is 2. The lowest BCUT2D eigenvalue weighted by Crippen LogP contribution is -2.44. The van der Waals surface area contributed by atoms with Gasteiger partial charge >= 0.3 is 18.2 Å². The number of rotatable bonds is 8. The molecule has 0 saturated carbocycles. The van der Waals surface area contributed by atoms with E-state index in [1.165, 1.54) is 0 Å². The summed E-state index contributed by atoms with van der Waals surface area (Å²) in [6, 6.07) is 15.9. The normalized spacial score (nSPS) is 12.9. The molecule has 0 aliphatic carbocycles. The van der Waals surface area contributed by atoms with Crippen molar-refractivity contribution in [2.24, 2.45) is 0 Å². The summed E-state index contributed by atoms with van der Waals surface area (Å²) in [7, 11) is 0. The Kier molecular flexibility index (Phi) is 8.43. The zero-order valence-electron chi connectivity index (χ0n) is 17.8. The number of hydrogen-bond donors (Lipinski definition) is 3. The summed E-state index contributed by atoms with van der Waals surface area (Å²) in [5.74, 6) is -1.25. The molecule has 2 aromatic rings. The van der Waals surface area contributed by atoms with Crippen molar-refractivity contribution in [3.05, 3.63) is 71.8 Å². The fraction of sp³-hybridized carbons (Fsp3) is 0.348. The number of alkyl carbamates (subject to hydrolysis) is 2. The molecule has 0 aromatic heterocycles. The van der Waals surface area contributed by atoms with E-state index in [4.69, 9.17) is 9.47 Å². The zero-order chi connectivity index (χ0) is 22.9.